The summed E-state index contributed by atoms with van der Waals surface area (Å²) in [6.45, 7) is 3.94. The molecule has 2 aromatic rings. The van der Waals surface area contributed by atoms with Crippen LogP contribution in [0.1, 0.15) is 22.5 Å². The van der Waals surface area contributed by atoms with E-state index in [-0.39, 0.29) is 0 Å². The summed E-state index contributed by atoms with van der Waals surface area (Å²) in [5, 5.41) is 0. The third-order valence-corrected chi connectivity index (χ3v) is 2.68. The molecule has 0 amide bonds. The van der Waals surface area contributed by atoms with Gasteiger partial charge in [0.25, 0.3) is 0 Å². The maximum absolute atomic E-state index is 5.64. The van der Waals surface area contributed by atoms with Gasteiger partial charge in [0.2, 0.25) is 5.95 Å². The lowest BCUT2D eigenvalue weighted by molar-refractivity contribution is 1.06. The number of aryl methyl sites for hydroxylation is 1. The number of hydrogen-bond acceptors (Lipinski definition) is 3. The van der Waals surface area contributed by atoms with Crippen molar-refractivity contribution < 1.29 is 0 Å². The van der Waals surface area contributed by atoms with Crippen LogP contribution in [0, 0.1) is 13.8 Å². The Kier molecular flexibility index (Phi) is 3.19. The van der Waals surface area contributed by atoms with E-state index in [2.05, 4.69) is 9.97 Å². The average molecular weight is 225 g/mol. The van der Waals surface area contributed by atoms with Crippen molar-refractivity contribution in [2.45, 2.75) is 13.8 Å². The topological polar surface area (TPSA) is 51.8 Å². The molecule has 0 aliphatic rings. The lowest BCUT2D eigenvalue weighted by Crippen LogP contribution is -2.01. The van der Waals surface area contributed by atoms with Crippen molar-refractivity contribution in [1.29, 1.82) is 0 Å². The maximum atomic E-state index is 5.64. The highest BCUT2D eigenvalue weighted by Gasteiger charge is 2.02. The largest absolute Gasteiger partial charge is 0.368 e. The van der Waals surface area contributed by atoms with Crippen molar-refractivity contribution in [1.82, 2.24) is 9.97 Å². The predicted octanol–water partition coefficient (Wildman–Crippen LogP) is 2.85. The number of benzene rings is 1. The maximum Gasteiger partial charge on any atom is 0.220 e. The third kappa shape index (κ3) is 2.69. The minimum Gasteiger partial charge on any atom is -0.368 e. The molecule has 17 heavy (non-hydrogen) atoms. The molecule has 0 bridgehead atoms. The quantitative estimate of drug-likeness (QED) is 0.855. The Morgan fingerprint density at radius 2 is 1.71 bits per heavy atom. The second-order valence-corrected chi connectivity index (χ2v) is 3.92. The van der Waals surface area contributed by atoms with Crippen LogP contribution in [0.15, 0.2) is 30.3 Å². The van der Waals surface area contributed by atoms with Crippen molar-refractivity contribution in [2.75, 3.05) is 5.73 Å². The summed E-state index contributed by atoms with van der Waals surface area (Å²) in [6, 6.07) is 10.1. The second-order valence-electron chi connectivity index (χ2n) is 3.92. The van der Waals surface area contributed by atoms with Gasteiger partial charge in [-0.25, -0.2) is 9.97 Å². The number of rotatable bonds is 2. The molecule has 1 aromatic carbocycles. The van der Waals surface area contributed by atoms with E-state index >= 15 is 0 Å². The number of anilines is 1. The Hall–Kier alpha value is -2.16. The first-order chi connectivity index (χ1) is 8.16. The van der Waals surface area contributed by atoms with Crippen LogP contribution in [0.3, 0.4) is 0 Å². The van der Waals surface area contributed by atoms with Gasteiger partial charge in [0.15, 0.2) is 0 Å². The molecule has 0 saturated heterocycles. The molecule has 2 rings (SSSR count). The Morgan fingerprint density at radius 1 is 1.00 bits per heavy atom. The van der Waals surface area contributed by atoms with Gasteiger partial charge in [-0.15, -0.1) is 0 Å². The SMILES string of the molecule is Cc1nc(N)nc(/C=C/c2ccccc2)c1C. The first-order valence-electron chi connectivity index (χ1n) is 5.50. The van der Waals surface area contributed by atoms with Crippen LogP contribution in [-0.2, 0) is 0 Å². The van der Waals surface area contributed by atoms with Crippen LogP contribution >= 0.6 is 0 Å². The molecule has 0 spiro atoms. The van der Waals surface area contributed by atoms with Gasteiger partial charge in [0.05, 0.1) is 5.69 Å². The van der Waals surface area contributed by atoms with Crippen molar-refractivity contribution in [3.05, 3.63) is 52.8 Å². The van der Waals surface area contributed by atoms with E-state index in [0.717, 1.165) is 22.5 Å². The monoisotopic (exact) mass is 225 g/mol. The van der Waals surface area contributed by atoms with Crippen molar-refractivity contribution >= 4 is 18.1 Å². The van der Waals surface area contributed by atoms with E-state index in [1.165, 1.54) is 0 Å². The Labute approximate surface area is 101 Å². The van der Waals surface area contributed by atoms with Gasteiger partial charge in [-0.1, -0.05) is 36.4 Å². The number of nitrogen functional groups attached to an aromatic ring is 1. The molecule has 1 heterocycles. The minimum atomic E-state index is 0.320. The van der Waals surface area contributed by atoms with Crippen LogP contribution < -0.4 is 5.73 Å². The van der Waals surface area contributed by atoms with Gasteiger partial charge in [-0.05, 0) is 31.1 Å². The molecule has 3 nitrogen and oxygen atoms in total. The first kappa shape index (κ1) is 11.3. The van der Waals surface area contributed by atoms with E-state index in [4.69, 9.17) is 5.73 Å². The summed E-state index contributed by atoms with van der Waals surface area (Å²) in [4.78, 5) is 8.35. The molecule has 0 aliphatic carbocycles. The van der Waals surface area contributed by atoms with Crippen LogP contribution in [0.25, 0.3) is 12.2 Å². The number of hydrogen-bond donors (Lipinski definition) is 1. The molecule has 0 radical (unpaired) electrons. The summed E-state index contributed by atoms with van der Waals surface area (Å²) in [5.41, 5.74) is 9.64. The summed E-state index contributed by atoms with van der Waals surface area (Å²) >= 11 is 0. The van der Waals surface area contributed by atoms with Gasteiger partial charge in [-0.3, -0.25) is 0 Å². The molecular weight excluding hydrogens is 210 g/mol. The van der Waals surface area contributed by atoms with Gasteiger partial charge in [-0.2, -0.15) is 0 Å². The average Bonchev–Trinajstić information content (AvgIpc) is 2.33. The molecule has 3 heteroatoms. The van der Waals surface area contributed by atoms with E-state index in [1.54, 1.807) is 0 Å². The highest BCUT2D eigenvalue weighted by molar-refractivity contribution is 5.69. The Bertz CT molecular complexity index is 545. The zero-order valence-electron chi connectivity index (χ0n) is 10.0. The zero-order valence-corrected chi connectivity index (χ0v) is 10.0. The van der Waals surface area contributed by atoms with Crippen molar-refractivity contribution in [3.8, 4) is 0 Å². The van der Waals surface area contributed by atoms with Crippen LogP contribution in [0.2, 0.25) is 0 Å². The highest BCUT2D eigenvalue weighted by atomic mass is 15.0. The van der Waals surface area contributed by atoms with Crippen LogP contribution in [0.5, 0.6) is 0 Å². The number of nitrogens with two attached hydrogens (primary N) is 1. The van der Waals surface area contributed by atoms with Crippen molar-refractivity contribution in [2.24, 2.45) is 0 Å². The Balaban J connectivity index is 2.33. The third-order valence-electron chi connectivity index (χ3n) is 2.68. The molecular formula is C14H15N3. The van der Waals surface area contributed by atoms with E-state index < -0.39 is 0 Å². The zero-order chi connectivity index (χ0) is 12.3. The van der Waals surface area contributed by atoms with Crippen LogP contribution in [-0.4, -0.2) is 9.97 Å². The fraction of sp³-hybridized carbons (Fsp3) is 0.143. The van der Waals surface area contributed by atoms with E-state index in [1.807, 2.05) is 56.3 Å². The lowest BCUT2D eigenvalue weighted by Gasteiger charge is -2.04. The standard InChI is InChI=1S/C14H15N3/c1-10-11(2)16-14(15)17-13(10)9-8-12-6-4-3-5-7-12/h3-9H,1-2H3,(H2,15,16,17)/b9-8+. The fourth-order valence-corrected chi connectivity index (χ4v) is 1.57. The smallest absolute Gasteiger partial charge is 0.220 e. The van der Waals surface area contributed by atoms with Gasteiger partial charge in [0, 0.05) is 5.69 Å². The molecule has 86 valence electrons. The molecule has 0 atom stereocenters. The van der Waals surface area contributed by atoms with E-state index in [0.29, 0.717) is 5.95 Å². The van der Waals surface area contributed by atoms with Gasteiger partial charge >= 0.3 is 0 Å². The first-order valence-corrected chi connectivity index (χ1v) is 5.50. The molecule has 2 N–H and O–H groups in total. The lowest BCUT2D eigenvalue weighted by atomic mass is 10.1. The summed E-state index contributed by atoms with van der Waals surface area (Å²) < 4.78 is 0. The summed E-state index contributed by atoms with van der Waals surface area (Å²) in [7, 11) is 0. The Morgan fingerprint density at radius 3 is 2.41 bits per heavy atom. The summed E-state index contributed by atoms with van der Waals surface area (Å²) in [5.74, 6) is 0.320. The normalized spacial score (nSPS) is 10.9. The van der Waals surface area contributed by atoms with Crippen molar-refractivity contribution in [3.63, 3.8) is 0 Å². The van der Waals surface area contributed by atoms with Crippen LogP contribution in [0.4, 0.5) is 5.95 Å². The molecule has 0 unspecified atom stereocenters. The highest BCUT2D eigenvalue weighted by Crippen LogP contribution is 2.13. The molecule has 0 saturated carbocycles. The second kappa shape index (κ2) is 4.78. The summed E-state index contributed by atoms with van der Waals surface area (Å²) in [6.07, 6.45) is 3.99. The number of nitrogens with zero attached hydrogens (tertiary/aromatic N) is 2. The fourth-order valence-electron chi connectivity index (χ4n) is 1.57. The molecule has 1 aromatic heterocycles. The molecule has 0 aliphatic heterocycles. The van der Waals surface area contributed by atoms with Gasteiger partial charge in [0.1, 0.15) is 0 Å². The number of aromatic nitrogens is 2. The minimum absolute atomic E-state index is 0.320. The van der Waals surface area contributed by atoms with Gasteiger partial charge < -0.3 is 5.73 Å². The molecule has 0 fully saturated rings. The predicted molar refractivity (Wildman–Crippen MR) is 71.3 cm³/mol. The van der Waals surface area contributed by atoms with E-state index in [9.17, 15) is 0 Å².